The fourth-order valence-electron chi connectivity index (χ4n) is 5.04. The number of phenols is 2. The first-order chi connectivity index (χ1) is 24.2. The Hall–Kier alpha value is -3.17. The molecule has 54 heavy (non-hydrogen) atoms. The second kappa shape index (κ2) is 19.6. The molecule has 0 aliphatic carbocycles. The van der Waals surface area contributed by atoms with Crippen molar-refractivity contribution in [2.24, 2.45) is 9.98 Å². The molecule has 0 aromatic heterocycles. The van der Waals surface area contributed by atoms with Crippen LogP contribution in [0.25, 0.3) is 0 Å². The molecule has 0 saturated heterocycles. The van der Waals surface area contributed by atoms with Gasteiger partial charge in [0.1, 0.15) is 34.8 Å². The number of halogens is 6. The van der Waals surface area contributed by atoms with Gasteiger partial charge < -0.3 is 10.2 Å². The van der Waals surface area contributed by atoms with Gasteiger partial charge >= 0.3 is 35.6 Å². The molecule has 0 fully saturated rings. The first-order valence-electron chi connectivity index (χ1n) is 16.9. The summed E-state index contributed by atoms with van der Waals surface area (Å²) in [7, 11) is 9.78. The summed E-state index contributed by atoms with van der Waals surface area (Å²) in [5.74, 6) is -2.46. The van der Waals surface area contributed by atoms with Crippen LogP contribution in [0.15, 0.2) is 70.6 Å². The van der Waals surface area contributed by atoms with Gasteiger partial charge in [0.2, 0.25) is 0 Å². The van der Waals surface area contributed by atoms with Crippen LogP contribution in [0, 0.1) is 23.3 Å². The van der Waals surface area contributed by atoms with Gasteiger partial charge in [-0.05, 0) is 69.2 Å². The van der Waals surface area contributed by atoms with Crippen LogP contribution in [-0.4, -0.2) is 22.6 Å². The molecule has 0 bridgehead atoms. The third-order valence-electron chi connectivity index (χ3n) is 8.03. The molecule has 0 aliphatic heterocycles. The maximum atomic E-state index is 13.3. The zero-order chi connectivity index (χ0) is 40.7. The van der Waals surface area contributed by atoms with E-state index in [2.05, 4.69) is 51.5 Å². The number of nitrogens with zero attached hydrogens (tertiary/aromatic N) is 2. The van der Waals surface area contributed by atoms with E-state index in [1.165, 1.54) is 12.4 Å². The molecule has 4 rings (SSSR count). The Morgan fingerprint density at radius 1 is 0.481 bits per heavy atom. The molecule has 0 radical (unpaired) electrons. The van der Waals surface area contributed by atoms with Gasteiger partial charge in [-0.3, -0.25) is 9.98 Å². The van der Waals surface area contributed by atoms with E-state index in [1.54, 1.807) is 0 Å². The van der Waals surface area contributed by atoms with E-state index in [9.17, 15) is 27.8 Å². The Morgan fingerprint density at radius 2 is 0.741 bits per heavy atom. The van der Waals surface area contributed by atoms with Gasteiger partial charge in [0.05, 0.1) is 11.4 Å². The topological polar surface area (TPSA) is 65.2 Å². The number of aliphatic imine (C=N–C) groups is 2. The SMILES string of the molecule is C.CC(C)(C)c1cc(C=Nc2cc(F)cc(F)c2)c(O)c(C(C)(C)C)c1.CC(C)(C)c1cc(C=Nc2cc(F)cc(F)c2)c(O)c(C(C)(C)C)c1.[Cl][Ti][Cl]. The molecule has 0 amide bonds. The third kappa shape index (κ3) is 14.8. The van der Waals surface area contributed by atoms with Crippen molar-refractivity contribution < 1.29 is 44.8 Å². The van der Waals surface area contributed by atoms with Crippen molar-refractivity contribution in [3.8, 4) is 11.5 Å². The van der Waals surface area contributed by atoms with Gasteiger partial charge in [0.25, 0.3) is 0 Å². The van der Waals surface area contributed by atoms with Gasteiger partial charge in [-0.25, -0.2) is 17.6 Å². The van der Waals surface area contributed by atoms with Crippen LogP contribution in [0.3, 0.4) is 0 Å². The fourth-order valence-corrected chi connectivity index (χ4v) is 5.04. The summed E-state index contributed by atoms with van der Waals surface area (Å²) in [4.78, 5) is 8.28. The second-order valence-electron chi connectivity index (χ2n) is 16.8. The van der Waals surface area contributed by atoms with E-state index in [0.29, 0.717) is 11.1 Å². The number of hydrogen-bond acceptors (Lipinski definition) is 4. The molecule has 0 heterocycles. The molecule has 294 valence electrons. The molecular weight excluding hydrogens is 771 g/mol. The van der Waals surface area contributed by atoms with Crippen molar-refractivity contribution in [1.82, 2.24) is 0 Å². The minimum absolute atomic E-state index is 0. The number of hydrogen-bond donors (Lipinski definition) is 2. The molecule has 0 aliphatic rings. The summed E-state index contributed by atoms with van der Waals surface area (Å²) in [6, 6.07) is 13.9. The van der Waals surface area contributed by atoms with E-state index in [4.69, 9.17) is 18.6 Å². The van der Waals surface area contributed by atoms with Crippen LogP contribution >= 0.6 is 18.6 Å². The third-order valence-corrected chi connectivity index (χ3v) is 8.03. The van der Waals surface area contributed by atoms with Crippen LogP contribution < -0.4 is 0 Å². The Balaban J connectivity index is 0.000000495. The van der Waals surface area contributed by atoms with Gasteiger partial charge in [0, 0.05) is 46.8 Å². The van der Waals surface area contributed by atoms with Gasteiger partial charge in [-0.15, -0.1) is 0 Å². The quantitative estimate of drug-likeness (QED) is 0.122. The minimum atomic E-state index is -0.685. The molecule has 4 aromatic carbocycles. The van der Waals surface area contributed by atoms with E-state index < -0.39 is 40.3 Å². The number of phenolic OH excluding ortho intramolecular Hbond substituents is 2. The zero-order valence-electron chi connectivity index (χ0n) is 32.5. The van der Waals surface area contributed by atoms with E-state index in [0.717, 1.165) is 58.7 Å². The van der Waals surface area contributed by atoms with Crippen molar-refractivity contribution in [2.45, 2.75) is 112 Å². The van der Waals surface area contributed by atoms with Crippen LogP contribution in [0.5, 0.6) is 11.5 Å². The molecule has 0 unspecified atom stereocenters. The Kier molecular flexibility index (Phi) is 17.7. The summed E-state index contributed by atoms with van der Waals surface area (Å²) in [6.07, 6.45) is 2.90. The van der Waals surface area contributed by atoms with E-state index in [1.807, 2.05) is 65.8 Å². The molecule has 0 saturated carbocycles. The first-order valence-corrected chi connectivity index (χ1v) is 21.2. The van der Waals surface area contributed by atoms with Gasteiger partial charge in [-0.2, -0.15) is 0 Å². The summed E-state index contributed by atoms with van der Waals surface area (Å²) < 4.78 is 53.2. The van der Waals surface area contributed by atoms with Crippen LogP contribution in [0.1, 0.15) is 124 Å². The van der Waals surface area contributed by atoms with Crippen molar-refractivity contribution in [2.75, 3.05) is 0 Å². The summed E-state index contributed by atoms with van der Waals surface area (Å²) in [5.41, 5.74) is 4.40. The van der Waals surface area contributed by atoms with Crippen molar-refractivity contribution >= 4 is 42.4 Å². The normalized spacial score (nSPS) is 12.1. The standard InChI is InChI=1S/2C21H25F2NO.CH4.2ClH.Ti/c2*1-20(2,3)14-7-13(19(25)18(8-14)21(4,5)6)12-24-17-10-15(22)9-16(23)11-17;;;;/h2*7-12,25H,1-6H3;1H4;2*1H;/q;;;;;+2/p-2. The van der Waals surface area contributed by atoms with E-state index in [-0.39, 0.29) is 52.0 Å². The molecule has 0 atom stereocenters. The molecular formula is C43H54Cl2F4N2O2Ti. The number of benzene rings is 4. The number of aromatic hydroxyl groups is 2. The van der Waals surface area contributed by atoms with Gasteiger partial charge in [-0.1, -0.05) is 103 Å². The molecule has 11 heteroatoms. The van der Waals surface area contributed by atoms with Crippen molar-refractivity contribution in [3.63, 3.8) is 0 Å². The van der Waals surface area contributed by atoms with Crippen molar-refractivity contribution in [1.29, 1.82) is 0 Å². The predicted octanol–water partition coefficient (Wildman–Crippen LogP) is 14.0. The Labute approximate surface area is 336 Å². The molecule has 2 N–H and O–H groups in total. The predicted molar refractivity (Wildman–Crippen MR) is 217 cm³/mol. The molecule has 4 aromatic rings. The average Bonchev–Trinajstić information content (AvgIpc) is 2.97. The first kappa shape index (κ1) is 48.9. The van der Waals surface area contributed by atoms with E-state index >= 15 is 0 Å². The van der Waals surface area contributed by atoms with Crippen LogP contribution in [0.4, 0.5) is 28.9 Å². The second-order valence-corrected chi connectivity index (χ2v) is 19.3. The Morgan fingerprint density at radius 3 is 0.963 bits per heavy atom. The summed E-state index contributed by atoms with van der Waals surface area (Å²) in [5, 5.41) is 21.3. The Bertz CT molecular complexity index is 1760. The summed E-state index contributed by atoms with van der Waals surface area (Å²) in [6.45, 7) is 24.7. The summed E-state index contributed by atoms with van der Waals surface area (Å²) >= 11 is -0.556. The number of rotatable bonds is 4. The monoisotopic (exact) mass is 824 g/mol. The maximum absolute atomic E-state index is 13.3. The van der Waals surface area contributed by atoms with Crippen molar-refractivity contribution in [3.05, 3.63) is 117 Å². The van der Waals surface area contributed by atoms with Crippen LogP contribution in [0.2, 0.25) is 0 Å². The zero-order valence-corrected chi connectivity index (χ0v) is 35.6. The molecule has 4 nitrogen and oxygen atoms in total. The average molecular weight is 826 g/mol. The molecule has 0 spiro atoms. The van der Waals surface area contributed by atoms with Crippen LogP contribution in [-0.2, 0) is 38.7 Å². The fraction of sp³-hybridized carbons (Fsp3) is 0.395. The van der Waals surface area contributed by atoms with Gasteiger partial charge in [0.15, 0.2) is 0 Å².